The highest BCUT2D eigenvalue weighted by atomic mass is 16.1. The minimum atomic E-state index is -0.363. The Morgan fingerprint density at radius 2 is 1.77 bits per heavy atom. The molecule has 0 aromatic heterocycles. The van der Waals surface area contributed by atoms with Crippen LogP contribution in [0.1, 0.15) is 17.5 Å². The molecular weight excluding hydrogens is 276 g/mol. The second-order valence-electron chi connectivity index (χ2n) is 4.94. The van der Waals surface area contributed by atoms with Crippen LogP contribution in [0.2, 0.25) is 0 Å². The van der Waals surface area contributed by atoms with Crippen LogP contribution in [-0.4, -0.2) is 5.91 Å². The molecule has 1 amide bonds. The standard InChI is InChI=1S/C17H16N4O/c1-12-3-6-14(7-4-12)20-21-16-11-13(2)5-8-15(16)19-17(22)9-10-18/h3-8,11H,9H2,1-2H3,(H,19,22). The Bertz CT molecular complexity index is 742. The van der Waals surface area contributed by atoms with Gasteiger partial charge in [0.15, 0.2) is 0 Å². The summed E-state index contributed by atoms with van der Waals surface area (Å²) in [5.74, 6) is -0.363. The third kappa shape index (κ3) is 4.25. The number of azo groups is 1. The van der Waals surface area contributed by atoms with Crippen LogP contribution in [0.5, 0.6) is 0 Å². The van der Waals surface area contributed by atoms with Crippen molar-refractivity contribution in [1.29, 1.82) is 5.26 Å². The molecule has 1 N–H and O–H groups in total. The van der Waals surface area contributed by atoms with Gasteiger partial charge in [0.2, 0.25) is 5.91 Å². The fraction of sp³-hybridized carbons (Fsp3) is 0.176. The van der Waals surface area contributed by atoms with Gasteiger partial charge in [0.05, 0.1) is 17.4 Å². The molecule has 5 heteroatoms. The minimum absolute atomic E-state index is 0.192. The van der Waals surface area contributed by atoms with E-state index in [-0.39, 0.29) is 12.3 Å². The molecule has 0 bridgehead atoms. The van der Waals surface area contributed by atoms with Crippen molar-refractivity contribution >= 4 is 23.0 Å². The van der Waals surface area contributed by atoms with Crippen molar-refractivity contribution in [2.24, 2.45) is 10.2 Å². The molecule has 0 heterocycles. The van der Waals surface area contributed by atoms with Crippen molar-refractivity contribution in [3.8, 4) is 6.07 Å². The average Bonchev–Trinajstić information content (AvgIpc) is 2.49. The highest BCUT2D eigenvalue weighted by Crippen LogP contribution is 2.28. The lowest BCUT2D eigenvalue weighted by Crippen LogP contribution is -2.10. The number of carbonyl (C=O) groups excluding carboxylic acids is 1. The molecule has 0 unspecified atom stereocenters. The largest absolute Gasteiger partial charge is 0.323 e. The Balaban J connectivity index is 2.25. The lowest BCUT2D eigenvalue weighted by atomic mass is 10.2. The van der Waals surface area contributed by atoms with Crippen LogP contribution in [0.15, 0.2) is 52.7 Å². The fourth-order valence-electron chi connectivity index (χ4n) is 1.82. The number of nitrogens with zero attached hydrogens (tertiary/aromatic N) is 3. The zero-order valence-corrected chi connectivity index (χ0v) is 12.5. The number of hydrogen-bond donors (Lipinski definition) is 1. The molecule has 0 radical (unpaired) electrons. The second-order valence-corrected chi connectivity index (χ2v) is 4.94. The van der Waals surface area contributed by atoms with Gasteiger partial charge in [-0.2, -0.15) is 10.4 Å². The highest BCUT2D eigenvalue weighted by Gasteiger charge is 2.06. The Kier molecular flexibility index (Phi) is 4.99. The number of nitriles is 1. The molecule has 0 saturated heterocycles. The van der Waals surface area contributed by atoms with Gasteiger partial charge in [-0.3, -0.25) is 4.79 Å². The van der Waals surface area contributed by atoms with E-state index in [9.17, 15) is 4.79 Å². The summed E-state index contributed by atoms with van der Waals surface area (Å²) >= 11 is 0. The normalized spacial score (nSPS) is 10.4. The van der Waals surface area contributed by atoms with Crippen LogP contribution in [0.25, 0.3) is 0 Å². The van der Waals surface area contributed by atoms with Crippen molar-refractivity contribution in [2.75, 3.05) is 5.32 Å². The first-order valence-corrected chi connectivity index (χ1v) is 6.84. The van der Waals surface area contributed by atoms with E-state index >= 15 is 0 Å². The van der Waals surface area contributed by atoms with Crippen LogP contribution < -0.4 is 5.32 Å². The lowest BCUT2D eigenvalue weighted by molar-refractivity contribution is -0.115. The Morgan fingerprint density at radius 1 is 1.09 bits per heavy atom. The van der Waals surface area contributed by atoms with E-state index in [1.54, 1.807) is 6.07 Å². The van der Waals surface area contributed by atoms with Gasteiger partial charge in [-0.05, 0) is 43.7 Å². The summed E-state index contributed by atoms with van der Waals surface area (Å²) in [5.41, 5.74) is 4.00. The first-order chi connectivity index (χ1) is 10.6. The van der Waals surface area contributed by atoms with Crippen molar-refractivity contribution < 1.29 is 4.79 Å². The van der Waals surface area contributed by atoms with Crippen LogP contribution in [-0.2, 0) is 4.79 Å². The maximum absolute atomic E-state index is 11.6. The number of hydrogen-bond acceptors (Lipinski definition) is 4. The van der Waals surface area contributed by atoms with Crippen LogP contribution in [0.3, 0.4) is 0 Å². The zero-order valence-electron chi connectivity index (χ0n) is 12.5. The molecule has 0 atom stereocenters. The first kappa shape index (κ1) is 15.4. The summed E-state index contributed by atoms with van der Waals surface area (Å²) in [6.45, 7) is 3.94. The molecule has 0 aliphatic heterocycles. The van der Waals surface area contributed by atoms with Gasteiger partial charge in [0.25, 0.3) is 0 Å². The summed E-state index contributed by atoms with van der Waals surface area (Å²) in [7, 11) is 0. The number of amides is 1. The van der Waals surface area contributed by atoms with Gasteiger partial charge in [-0.15, -0.1) is 5.11 Å². The smallest absolute Gasteiger partial charge is 0.238 e. The quantitative estimate of drug-likeness (QED) is 0.838. The monoisotopic (exact) mass is 292 g/mol. The molecule has 22 heavy (non-hydrogen) atoms. The van der Waals surface area contributed by atoms with E-state index in [0.717, 1.165) is 16.8 Å². The van der Waals surface area contributed by atoms with E-state index < -0.39 is 0 Å². The van der Waals surface area contributed by atoms with Crippen LogP contribution in [0.4, 0.5) is 17.1 Å². The maximum Gasteiger partial charge on any atom is 0.238 e. The van der Waals surface area contributed by atoms with E-state index in [4.69, 9.17) is 5.26 Å². The van der Waals surface area contributed by atoms with Crippen molar-refractivity contribution in [3.63, 3.8) is 0 Å². The number of anilines is 1. The molecule has 0 aliphatic rings. The summed E-state index contributed by atoms with van der Waals surface area (Å²) in [6.07, 6.45) is -0.192. The second kappa shape index (κ2) is 7.14. The average molecular weight is 292 g/mol. The first-order valence-electron chi connectivity index (χ1n) is 6.84. The molecule has 5 nitrogen and oxygen atoms in total. The Morgan fingerprint density at radius 3 is 2.45 bits per heavy atom. The third-order valence-corrected chi connectivity index (χ3v) is 2.97. The summed E-state index contributed by atoms with van der Waals surface area (Å²) < 4.78 is 0. The number of benzene rings is 2. The number of rotatable bonds is 4. The van der Waals surface area contributed by atoms with E-state index in [1.807, 2.05) is 56.3 Å². The predicted molar refractivity (Wildman–Crippen MR) is 85.4 cm³/mol. The van der Waals surface area contributed by atoms with Gasteiger partial charge < -0.3 is 5.32 Å². The zero-order chi connectivity index (χ0) is 15.9. The van der Waals surface area contributed by atoms with Gasteiger partial charge in [-0.1, -0.05) is 23.8 Å². The molecule has 110 valence electrons. The van der Waals surface area contributed by atoms with Gasteiger partial charge in [0, 0.05) is 0 Å². The van der Waals surface area contributed by atoms with Crippen molar-refractivity contribution in [2.45, 2.75) is 20.3 Å². The molecule has 0 fully saturated rings. The van der Waals surface area contributed by atoms with Crippen molar-refractivity contribution in [3.05, 3.63) is 53.6 Å². The maximum atomic E-state index is 11.6. The van der Waals surface area contributed by atoms with E-state index in [0.29, 0.717) is 11.4 Å². The van der Waals surface area contributed by atoms with Crippen LogP contribution in [0, 0.1) is 25.2 Å². The number of carbonyl (C=O) groups is 1. The highest BCUT2D eigenvalue weighted by molar-refractivity contribution is 5.94. The molecule has 0 saturated carbocycles. The topological polar surface area (TPSA) is 77.6 Å². The third-order valence-electron chi connectivity index (χ3n) is 2.97. The van der Waals surface area contributed by atoms with Crippen molar-refractivity contribution in [1.82, 2.24) is 0 Å². The van der Waals surface area contributed by atoms with Gasteiger partial charge >= 0.3 is 0 Å². The fourth-order valence-corrected chi connectivity index (χ4v) is 1.82. The van der Waals surface area contributed by atoms with Gasteiger partial charge in [0.1, 0.15) is 12.1 Å². The summed E-state index contributed by atoms with van der Waals surface area (Å²) in [4.78, 5) is 11.6. The summed E-state index contributed by atoms with van der Waals surface area (Å²) in [5, 5.41) is 19.6. The minimum Gasteiger partial charge on any atom is -0.323 e. The van der Waals surface area contributed by atoms with E-state index in [1.165, 1.54) is 0 Å². The SMILES string of the molecule is Cc1ccc(N=Nc2cc(C)ccc2NC(=O)CC#N)cc1. The van der Waals surface area contributed by atoms with Gasteiger partial charge in [-0.25, -0.2) is 0 Å². The molecule has 2 aromatic rings. The number of nitrogens with one attached hydrogen (secondary N) is 1. The Labute approximate surface area is 129 Å². The van der Waals surface area contributed by atoms with E-state index in [2.05, 4.69) is 15.5 Å². The molecular formula is C17H16N4O. The molecule has 0 spiro atoms. The lowest BCUT2D eigenvalue weighted by Gasteiger charge is -2.07. The Hall–Kier alpha value is -3.00. The summed E-state index contributed by atoms with van der Waals surface area (Å²) in [6, 6.07) is 14.9. The number of aryl methyl sites for hydroxylation is 2. The molecule has 2 aromatic carbocycles. The molecule has 0 aliphatic carbocycles. The molecule has 2 rings (SSSR count). The van der Waals surface area contributed by atoms with Crippen LogP contribution >= 0.6 is 0 Å². The predicted octanol–water partition coefficient (Wildman–Crippen LogP) is 4.57.